The normalized spacial score (nSPS) is 19.4. The molecule has 4 heterocycles. The lowest BCUT2D eigenvalue weighted by atomic mass is 9.97. The second-order valence-corrected chi connectivity index (χ2v) is 14.8. The van der Waals surface area contributed by atoms with Crippen molar-refractivity contribution in [2.24, 2.45) is 17.4 Å². The van der Waals surface area contributed by atoms with E-state index in [1.54, 1.807) is 24.1 Å². The number of hydrogen-bond donors (Lipinski definition) is 7. The van der Waals surface area contributed by atoms with Gasteiger partial charge in [0.2, 0.25) is 5.91 Å². The number of anilines is 2. The molecule has 2 aliphatic heterocycles. The number of aromatic nitrogens is 3. The summed E-state index contributed by atoms with van der Waals surface area (Å²) in [5.74, 6) is -3.17. The van der Waals surface area contributed by atoms with Crippen LogP contribution < -0.4 is 32.3 Å². The molecule has 5 aliphatic rings. The van der Waals surface area contributed by atoms with Crippen molar-refractivity contribution in [2.45, 2.75) is 69.1 Å². The molecule has 0 radical (unpaired) electrons. The molecule has 16 nitrogen and oxygen atoms in total. The maximum atomic E-state index is 13.1. The van der Waals surface area contributed by atoms with Crippen LogP contribution in [0.15, 0.2) is 65.9 Å². The summed E-state index contributed by atoms with van der Waals surface area (Å²) < 4.78 is 1.93. The van der Waals surface area contributed by atoms with Gasteiger partial charge in [0, 0.05) is 62.4 Å². The number of para-hydroxylation sites is 1. The Balaban J connectivity index is 1.01. The second-order valence-electron chi connectivity index (χ2n) is 14.8. The van der Waals surface area contributed by atoms with E-state index in [0.717, 1.165) is 61.0 Å². The number of aliphatic hydroxyl groups is 2. The summed E-state index contributed by atoms with van der Waals surface area (Å²) in [6.45, 7) is 1.08. The average molecular weight is 724 g/mol. The predicted molar refractivity (Wildman–Crippen MR) is 195 cm³/mol. The average Bonchev–Trinajstić information content (AvgIpc) is 3.97. The maximum absolute atomic E-state index is 13.1. The van der Waals surface area contributed by atoms with Crippen LogP contribution in [0.5, 0.6) is 0 Å². The van der Waals surface area contributed by atoms with E-state index >= 15 is 0 Å². The summed E-state index contributed by atoms with van der Waals surface area (Å²) in [7, 11) is 3.70. The number of pyridine rings is 1. The molecule has 3 saturated carbocycles. The molecule has 3 aliphatic carbocycles. The molecule has 1 saturated heterocycles. The van der Waals surface area contributed by atoms with E-state index in [1.807, 2.05) is 36.1 Å². The molecule has 3 aromatic rings. The van der Waals surface area contributed by atoms with Crippen LogP contribution in [0.3, 0.4) is 0 Å². The van der Waals surface area contributed by atoms with Gasteiger partial charge in [-0.2, -0.15) is 5.10 Å². The second kappa shape index (κ2) is 13.2. The number of hydrogen-bond acceptors (Lipinski definition) is 12. The number of nitrogens with two attached hydrogens (primary N) is 2. The summed E-state index contributed by atoms with van der Waals surface area (Å²) in [6.07, 6.45) is 8.65. The minimum absolute atomic E-state index is 0.0110. The van der Waals surface area contributed by atoms with Crippen molar-refractivity contribution >= 4 is 29.1 Å². The van der Waals surface area contributed by atoms with E-state index in [2.05, 4.69) is 25.8 Å². The molecule has 16 heteroatoms. The van der Waals surface area contributed by atoms with Crippen LogP contribution in [0.1, 0.15) is 66.4 Å². The van der Waals surface area contributed by atoms with Crippen molar-refractivity contribution in [1.29, 1.82) is 0 Å². The standard InChI is InChI=1S/C37H45N11O5/c1-45-19-29-25(16-40-48(29)23-17-47(18-23)37(52,53)30-8-4-7-27(43-30)36(51)46(2)22-13-14-22)24-5-3-6-26(33(24)45)42-28(32(39)35(50)41-21-11-12-21)15-31(38)44-34(49)20-9-10-20/h3-8,15-16,20-23,42,52-53H,9-14,17-19,38-39H2,1-2H3,(H,41,50)(H,44,49)/b31-15+,32-28+. The molecule has 0 unspecified atom stereocenters. The number of carbonyl (C=O) groups is 3. The van der Waals surface area contributed by atoms with Crippen molar-refractivity contribution in [1.82, 2.24) is 35.2 Å². The molecule has 278 valence electrons. The van der Waals surface area contributed by atoms with E-state index in [1.165, 1.54) is 17.0 Å². The molecule has 9 N–H and O–H groups in total. The molecule has 0 atom stereocenters. The van der Waals surface area contributed by atoms with Crippen LogP contribution in [-0.2, 0) is 22.0 Å². The van der Waals surface area contributed by atoms with Crippen molar-refractivity contribution < 1.29 is 24.6 Å². The van der Waals surface area contributed by atoms with Crippen molar-refractivity contribution in [3.05, 3.63) is 83.0 Å². The Labute approximate surface area is 306 Å². The Bertz CT molecular complexity index is 2040. The molecule has 2 aromatic heterocycles. The number of benzene rings is 1. The third-order valence-electron chi connectivity index (χ3n) is 10.6. The molecule has 8 rings (SSSR count). The number of likely N-dealkylation sites (tertiary alicyclic amines) is 1. The molecule has 0 bridgehead atoms. The lowest BCUT2D eigenvalue weighted by molar-refractivity contribution is -0.302. The topological polar surface area (TPSA) is 220 Å². The van der Waals surface area contributed by atoms with Crippen molar-refractivity contribution in [3.8, 4) is 11.1 Å². The minimum Gasteiger partial charge on any atom is -0.393 e. The Morgan fingerprint density at radius 2 is 1.74 bits per heavy atom. The summed E-state index contributed by atoms with van der Waals surface area (Å²) >= 11 is 0. The fourth-order valence-electron chi connectivity index (χ4n) is 6.96. The predicted octanol–water partition coefficient (Wildman–Crippen LogP) is 0.968. The van der Waals surface area contributed by atoms with Crippen LogP contribution in [-0.4, -0.2) is 91.8 Å². The molecule has 4 fully saturated rings. The number of amides is 3. The van der Waals surface area contributed by atoms with Gasteiger partial charge in [0.05, 0.1) is 41.5 Å². The monoisotopic (exact) mass is 723 g/mol. The van der Waals surface area contributed by atoms with Crippen LogP contribution in [0.4, 0.5) is 11.4 Å². The van der Waals surface area contributed by atoms with Gasteiger partial charge >= 0.3 is 0 Å². The number of allylic oxidation sites excluding steroid dienone is 1. The smallest absolute Gasteiger partial charge is 0.272 e. The fraction of sp³-hybridized carbons (Fsp3) is 0.432. The third-order valence-corrected chi connectivity index (χ3v) is 10.6. The van der Waals surface area contributed by atoms with E-state index in [0.29, 0.717) is 25.3 Å². The first-order chi connectivity index (χ1) is 25.4. The van der Waals surface area contributed by atoms with Gasteiger partial charge in [-0.1, -0.05) is 18.2 Å². The van der Waals surface area contributed by atoms with E-state index in [9.17, 15) is 24.6 Å². The molecule has 1 aromatic carbocycles. The Kier molecular flexibility index (Phi) is 8.62. The van der Waals surface area contributed by atoms with Gasteiger partial charge in [-0.15, -0.1) is 0 Å². The van der Waals surface area contributed by atoms with Gasteiger partial charge in [0.25, 0.3) is 17.7 Å². The van der Waals surface area contributed by atoms with Gasteiger partial charge in [-0.25, -0.2) is 9.88 Å². The maximum Gasteiger partial charge on any atom is 0.272 e. The van der Waals surface area contributed by atoms with Crippen molar-refractivity contribution in [2.75, 3.05) is 37.4 Å². The first-order valence-electron chi connectivity index (χ1n) is 18.1. The highest BCUT2D eigenvalue weighted by Crippen LogP contribution is 2.45. The van der Waals surface area contributed by atoms with Crippen LogP contribution >= 0.6 is 0 Å². The zero-order valence-corrected chi connectivity index (χ0v) is 29.7. The van der Waals surface area contributed by atoms with Crippen LogP contribution in [0.25, 0.3) is 11.1 Å². The number of fused-ring (bicyclic) bond motifs is 3. The lowest BCUT2D eigenvalue weighted by Crippen LogP contribution is -2.59. The number of rotatable bonds is 12. The first kappa shape index (κ1) is 34.6. The fourth-order valence-corrected chi connectivity index (χ4v) is 6.96. The molecular formula is C37H45N11O5. The number of nitrogens with zero attached hydrogens (tertiary/aromatic N) is 6. The zero-order valence-electron chi connectivity index (χ0n) is 29.7. The summed E-state index contributed by atoms with van der Waals surface area (Å²) in [6, 6.07) is 10.6. The Morgan fingerprint density at radius 3 is 2.43 bits per heavy atom. The van der Waals surface area contributed by atoms with Crippen molar-refractivity contribution in [3.63, 3.8) is 0 Å². The minimum atomic E-state index is -2.37. The van der Waals surface area contributed by atoms with Gasteiger partial charge in [-0.3, -0.25) is 19.1 Å². The highest BCUT2D eigenvalue weighted by Gasteiger charge is 2.46. The van der Waals surface area contributed by atoms with Crippen LogP contribution in [0.2, 0.25) is 0 Å². The number of carbonyl (C=O) groups excluding carboxylic acids is 3. The summed E-state index contributed by atoms with van der Waals surface area (Å²) in [4.78, 5) is 47.9. The molecule has 0 spiro atoms. The summed E-state index contributed by atoms with van der Waals surface area (Å²) in [5, 5.41) is 36.2. The van der Waals surface area contributed by atoms with Gasteiger partial charge in [0.15, 0.2) is 0 Å². The molecule has 3 amide bonds. The quantitative estimate of drug-likeness (QED) is 0.0790. The van der Waals surface area contributed by atoms with E-state index < -0.39 is 11.8 Å². The highest BCUT2D eigenvalue weighted by molar-refractivity contribution is 5.96. The van der Waals surface area contributed by atoms with E-state index in [4.69, 9.17) is 16.6 Å². The van der Waals surface area contributed by atoms with Gasteiger partial charge in [-0.05, 0) is 56.7 Å². The largest absolute Gasteiger partial charge is 0.393 e. The molecular weight excluding hydrogens is 678 g/mol. The van der Waals surface area contributed by atoms with E-state index in [-0.39, 0.29) is 64.5 Å². The van der Waals surface area contributed by atoms with Gasteiger partial charge in [0.1, 0.15) is 22.9 Å². The first-order valence-corrected chi connectivity index (χ1v) is 18.1. The van der Waals surface area contributed by atoms with Crippen LogP contribution in [0, 0.1) is 5.92 Å². The highest BCUT2D eigenvalue weighted by atomic mass is 16.5. The Morgan fingerprint density at radius 1 is 1.00 bits per heavy atom. The summed E-state index contributed by atoms with van der Waals surface area (Å²) in [5.41, 5.74) is 17.3. The SMILES string of the molecule is CN1Cc2c(cnn2C2CN(C(O)(O)c3cccc(C(=O)N(C)C4CC4)n3)C2)-c2cccc(NC(/C=C(\N)NC(=O)C3CC3)=C(/N)C(=O)NC3CC3)c21. The molecule has 53 heavy (non-hydrogen) atoms. The number of nitrogens with one attached hydrogen (secondary N) is 3. The lowest BCUT2D eigenvalue weighted by Gasteiger charge is -2.46. The zero-order chi connectivity index (χ0) is 37.2. The third kappa shape index (κ3) is 6.80. The Hall–Kier alpha value is -5.45. The van der Waals surface area contributed by atoms with Gasteiger partial charge < -0.3 is 47.4 Å².